The van der Waals surface area contributed by atoms with Crippen molar-refractivity contribution >= 4 is 15.8 Å². The third-order valence-electron chi connectivity index (χ3n) is 14.6. The highest BCUT2D eigenvalue weighted by Crippen LogP contribution is 2.72. The van der Waals surface area contributed by atoms with E-state index in [-0.39, 0.29) is 15.8 Å². The summed E-state index contributed by atoms with van der Waals surface area (Å²) >= 11 is 0. The summed E-state index contributed by atoms with van der Waals surface area (Å²) in [6.07, 6.45) is 19.9. The van der Waals surface area contributed by atoms with Crippen LogP contribution in [0.25, 0.3) is 0 Å². The summed E-state index contributed by atoms with van der Waals surface area (Å²) in [5.41, 5.74) is 8.81. The number of benzene rings is 2. The van der Waals surface area contributed by atoms with Crippen LogP contribution in [0.2, 0.25) is 0 Å². The number of hydrogen-bond donors (Lipinski definition) is 0. The van der Waals surface area contributed by atoms with Gasteiger partial charge < -0.3 is 0 Å². The first-order valence-electron chi connectivity index (χ1n) is 20.1. The van der Waals surface area contributed by atoms with E-state index in [1.165, 1.54) is 24.3 Å². The average Bonchev–Trinajstić information content (AvgIpc) is 2.98. The molecule has 8 fully saturated rings. The van der Waals surface area contributed by atoms with Crippen molar-refractivity contribution in [2.75, 3.05) is 0 Å². The molecule has 0 aromatic heterocycles. The highest BCUT2D eigenvalue weighted by Gasteiger charge is 2.56. The molecule has 0 radical (unpaired) electrons. The Morgan fingerprint density at radius 2 is 1.04 bits per heavy atom. The van der Waals surface area contributed by atoms with Gasteiger partial charge >= 0.3 is 0 Å². The maximum atomic E-state index is 2.80. The maximum Gasteiger partial charge on any atom is -0.00608 e. The molecule has 0 amide bonds. The van der Waals surface area contributed by atoms with E-state index in [1.807, 2.05) is 5.56 Å². The molecule has 10 rings (SSSR count). The van der Waals surface area contributed by atoms with Crippen LogP contribution in [-0.2, 0) is 18.7 Å². The second kappa shape index (κ2) is 12.8. The topological polar surface area (TPSA) is 0 Å². The van der Waals surface area contributed by atoms with Crippen molar-refractivity contribution < 1.29 is 0 Å². The Hall–Kier alpha value is -0.700. The molecular formula is C45H66P2. The fraction of sp³-hybridized carbons (Fsp3) is 0.733. The first-order valence-corrected chi connectivity index (χ1v) is 23.3. The molecule has 2 heteroatoms. The molecule has 8 saturated carbocycles. The summed E-state index contributed by atoms with van der Waals surface area (Å²) in [5, 5.41) is 0.720. The van der Waals surface area contributed by atoms with E-state index >= 15 is 0 Å². The average molecular weight is 669 g/mol. The molecule has 8 aliphatic rings. The third-order valence-corrected chi connectivity index (χ3v) is 22.4. The number of hydrogen-bond acceptors (Lipinski definition) is 0. The van der Waals surface area contributed by atoms with E-state index in [0.29, 0.717) is 16.2 Å². The Morgan fingerprint density at radius 1 is 0.574 bits per heavy atom. The highest BCUT2D eigenvalue weighted by atomic mass is 31.1. The van der Waals surface area contributed by atoms with E-state index in [0.717, 1.165) is 58.7 Å². The van der Waals surface area contributed by atoms with E-state index in [1.54, 1.807) is 75.3 Å². The van der Waals surface area contributed by atoms with Gasteiger partial charge in [0.15, 0.2) is 0 Å². The van der Waals surface area contributed by atoms with Crippen LogP contribution in [0.4, 0.5) is 0 Å². The van der Waals surface area contributed by atoms with E-state index < -0.39 is 0 Å². The zero-order valence-electron chi connectivity index (χ0n) is 31.1. The van der Waals surface area contributed by atoms with Crippen molar-refractivity contribution in [2.24, 2.45) is 47.3 Å². The quantitative estimate of drug-likeness (QED) is 0.233. The fourth-order valence-electron chi connectivity index (χ4n) is 13.5. The minimum Gasteiger partial charge on any atom is -0.0947 e. The standard InChI is InChI=1S/C45H66P2/c1-29(35-11-9-8-10-12-35)15-30-13-14-36(28-47(44(2,3)4)45(5,6)7)41(18-30)27-46(42-37-19-31-16-32(21-37)22-38(42)20-31)43-39-23-33-17-34(25-39)26-40(43)24-33/h8-14,18,29,31-34,37-40,42-43H,15-17,19-28H2,1-7H3. The number of rotatable bonds is 9. The van der Waals surface area contributed by atoms with Crippen molar-refractivity contribution in [1.82, 2.24) is 0 Å². The minimum atomic E-state index is -0.164. The van der Waals surface area contributed by atoms with Gasteiger partial charge in [-0.05, 0) is 180 Å². The zero-order valence-corrected chi connectivity index (χ0v) is 32.8. The monoisotopic (exact) mass is 668 g/mol. The third kappa shape index (κ3) is 6.73. The zero-order chi connectivity index (χ0) is 32.7. The lowest BCUT2D eigenvalue weighted by atomic mass is 9.55. The van der Waals surface area contributed by atoms with Crippen molar-refractivity contribution in [3.8, 4) is 0 Å². The van der Waals surface area contributed by atoms with Gasteiger partial charge in [-0.2, -0.15) is 0 Å². The van der Waals surface area contributed by atoms with Crippen LogP contribution in [0.15, 0.2) is 48.5 Å². The Balaban J connectivity index is 1.17. The second-order valence-corrected chi connectivity index (χ2v) is 26.5. The maximum absolute atomic E-state index is 2.80. The lowest BCUT2D eigenvalue weighted by molar-refractivity contribution is 0.0129. The summed E-state index contributed by atoms with van der Waals surface area (Å²) in [7, 11) is -0.167. The van der Waals surface area contributed by atoms with Gasteiger partial charge in [0.1, 0.15) is 0 Å². The summed E-state index contributed by atoms with van der Waals surface area (Å²) < 4.78 is 0. The molecule has 8 bridgehead atoms. The lowest BCUT2D eigenvalue weighted by Gasteiger charge is -2.62. The Labute approximate surface area is 291 Å². The normalized spacial score (nSPS) is 37.1. The molecule has 2 aromatic carbocycles. The predicted octanol–water partition coefficient (Wildman–Crippen LogP) is 13.2. The van der Waals surface area contributed by atoms with Gasteiger partial charge in [0.25, 0.3) is 0 Å². The molecule has 0 heterocycles. The van der Waals surface area contributed by atoms with Gasteiger partial charge in [0.05, 0.1) is 0 Å². The molecule has 0 spiro atoms. The first kappa shape index (κ1) is 33.4. The van der Waals surface area contributed by atoms with Crippen LogP contribution in [0, 0.1) is 47.3 Å². The summed E-state index contributed by atoms with van der Waals surface area (Å²) in [6.45, 7) is 17.7. The minimum absolute atomic E-state index is 0.00349. The molecule has 1 atom stereocenters. The lowest BCUT2D eigenvalue weighted by Crippen LogP contribution is -2.52. The second-order valence-electron chi connectivity index (χ2n) is 20.1. The van der Waals surface area contributed by atoms with Gasteiger partial charge in [0, 0.05) is 0 Å². The molecule has 256 valence electrons. The molecule has 0 N–H and O–H groups in total. The molecule has 8 aliphatic carbocycles. The molecule has 0 nitrogen and oxygen atoms in total. The van der Waals surface area contributed by atoms with Crippen molar-refractivity contribution in [3.63, 3.8) is 0 Å². The van der Waals surface area contributed by atoms with Gasteiger partial charge in [-0.3, -0.25) is 0 Å². The molecule has 2 aromatic rings. The van der Waals surface area contributed by atoms with Crippen molar-refractivity contribution in [3.05, 3.63) is 70.8 Å². The Kier molecular flexibility index (Phi) is 9.12. The van der Waals surface area contributed by atoms with Crippen LogP contribution in [0.5, 0.6) is 0 Å². The molecule has 1 unspecified atom stereocenters. The molecule has 0 aliphatic heterocycles. The smallest absolute Gasteiger partial charge is 0.00608 e. The van der Waals surface area contributed by atoms with Crippen LogP contribution in [0.3, 0.4) is 0 Å². The van der Waals surface area contributed by atoms with Crippen molar-refractivity contribution in [1.29, 1.82) is 0 Å². The van der Waals surface area contributed by atoms with E-state index in [4.69, 9.17) is 0 Å². The Morgan fingerprint density at radius 3 is 1.49 bits per heavy atom. The highest BCUT2D eigenvalue weighted by molar-refractivity contribution is 7.60. The van der Waals surface area contributed by atoms with Crippen LogP contribution >= 0.6 is 15.8 Å². The fourth-order valence-corrected chi connectivity index (χ4v) is 21.8. The largest absolute Gasteiger partial charge is 0.0947 e. The van der Waals surface area contributed by atoms with Gasteiger partial charge in [0.2, 0.25) is 0 Å². The SMILES string of the molecule is CC(Cc1ccc(CP(C(C)(C)C)C(C)(C)C)c(CP(C2C3CC4CC(C3)CC2C4)C2C3CC4CC(C3)CC2C4)c1)c1ccccc1. The van der Waals surface area contributed by atoms with Gasteiger partial charge in [-0.25, -0.2) is 0 Å². The first-order chi connectivity index (χ1) is 22.4. The molecular weight excluding hydrogens is 602 g/mol. The van der Waals surface area contributed by atoms with E-state index in [2.05, 4.69) is 97.0 Å². The van der Waals surface area contributed by atoms with Crippen LogP contribution in [0.1, 0.15) is 141 Å². The molecule has 0 saturated heterocycles. The van der Waals surface area contributed by atoms with Crippen LogP contribution < -0.4 is 0 Å². The van der Waals surface area contributed by atoms with E-state index in [9.17, 15) is 0 Å². The van der Waals surface area contributed by atoms with Crippen molar-refractivity contribution in [2.45, 2.75) is 159 Å². The van der Waals surface area contributed by atoms with Crippen LogP contribution in [-0.4, -0.2) is 21.6 Å². The van der Waals surface area contributed by atoms with Gasteiger partial charge in [-0.15, -0.1) is 0 Å². The summed E-state index contributed by atoms with van der Waals surface area (Å²) in [5.74, 6) is 9.19. The predicted molar refractivity (Wildman–Crippen MR) is 207 cm³/mol. The summed E-state index contributed by atoms with van der Waals surface area (Å²) in [4.78, 5) is 0. The Bertz CT molecular complexity index is 1280. The van der Waals surface area contributed by atoms with Gasteiger partial charge in [-0.1, -0.05) is 113 Å². The summed E-state index contributed by atoms with van der Waals surface area (Å²) in [6, 6.07) is 19.3. The molecule has 47 heavy (non-hydrogen) atoms.